The van der Waals surface area contributed by atoms with Crippen molar-refractivity contribution in [3.8, 4) is 5.69 Å². The third-order valence-corrected chi connectivity index (χ3v) is 4.45. The zero-order valence-electron chi connectivity index (χ0n) is 12.6. The molecular weight excluding hydrogens is 302 g/mol. The first-order valence-electron chi connectivity index (χ1n) is 6.71. The predicted molar refractivity (Wildman–Crippen MR) is 91.0 cm³/mol. The number of hydrogen-bond acceptors (Lipinski definition) is 4. The normalized spacial score (nSPS) is 10.9. The van der Waals surface area contributed by atoms with Gasteiger partial charge in [-0.2, -0.15) is 0 Å². The number of thiazole rings is 1. The molecule has 112 valence electrons. The first kappa shape index (κ1) is 15.7. The van der Waals surface area contributed by atoms with E-state index in [1.165, 1.54) is 16.9 Å². The third kappa shape index (κ3) is 3.16. The number of hydrogen-bond donors (Lipinski definition) is 2. The fourth-order valence-electron chi connectivity index (χ4n) is 2.16. The van der Waals surface area contributed by atoms with Crippen molar-refractivity contribution >= 4 is 35.3 Å². The Morgan fingerprint density at radius 2 is 2.05 bits per heavy atom. The number of nitrogens with one attached hydrogen (secondary N) is 1. The van der Waals surface area contributed by atoms with E-state index < -0.39 is 0 Å². The number of carbonyl (C=O) groups is 1. The monoisotopic (exact) mass is 321 g/mol. The third-order valence-electron chi connectivity index (χ3n) is 3.06. The van der Waals surface area contributed by atoms with Gasteiger partial charge in [0.2, 0.25) is 0 Å². The summed E-state index contributed by atoms with van der Waals surface area (Å²) in [4.78, 5) is 12.6. The zero-order valence-corrected chi connectivity index (χ0v) is 14.2. The second-order valence-electron chi connectivity index (χ2n) is 5.34. The van der Waals surface area contributed by atoms with E-state index in [1.54, 1.807) is 4.57 Å². The van der Waals surface area contributed by atoms with Crippen molar-refractivity contribution in [2.45, 2.75) is 33.7 Å². The molecule has 0 fully saturated rings. The molecule has 1 aromatic heterocycles. The molecule has 21 heavy (non-hydrogen) atoms. The summed E-state index contributed by atoms with van der Waals surface area (Å²) in [6.45, 7) is 7.87. The summed E-state index contributed by atoms with van der Waals surface area (Å²) < 4.78 is 2.35. The Hall–Kier alpha value is -1.66. The van der Waals surface area contributed by atoms with E-state index in [2.05, 4.69) is 11.4 Å². The number of benzene rings is 1. The van der Waals surface area contributed by atoms with Gasteiger partial charge in [0.05, 0.1) is 5.69 Å². The van der Waals surface area contributed by atoms with E-state index in [4.69, 9.17) is 18.0 Å². The van der Waals surface area contributed by atoms with Gasteiger partial charge in [0.1, 0.15) is 10.7 Å². The average molecular weight is 321 g/mol. The Kier molecular flexibility index (Phi) is 4.49. The van der Waals surface area contributed by atoms with Gasteiger partial charge in [0.15, 0.2) is 3.95 Å². The molecule has 1 aromatic carbocycles. The van der Waals surface area contributed by atoms with Gasteiger partial charge in [-0.1, -0.05) is 29.0 Å². The molecule has 3 N–H and O–H groups in total. The van der Waals surface area contributed by atoms with E-state index >= 15 is 0 Å². The molecule has 0 radical (unpaired) electrons. The van der Waals surface area contributed by atoms with Crippen LogP contribution in [0.1, 0.15) is 34.6 Å². The number of rotatable bonds is 3. The van der Waals surface area contributed by atoms with E-state index in [-0.39, 0.29) is 11.9 Å². The smallest absolute Gasteiger partial charge is 0.265 e. The van der Waals surface area contributed by atoms with E-state index in [0.29, 0.717) is 14.6 Å². The molecule has 6 heteroatoms. The van der Waals surface area contributed by atoms with Crippen molar-refractivity contribution in [2.24, 2.45) is 0 Å². The highest BCUT2D eigenvalue weighted by atomic mass is 32.1. The van der Waals surface area contributed by atoms with Crippen molar-refractivity contribution in [2.75, 3.05) is 5.73 Å². The molecule has 0 aliphatic heterocycles. The Morgan fingerprint density at radius 1 is 1.38 bits per heavy atom. The van der Waals surface area contributed by atoms with Crippen LogP contribution < -0.4 is 11.1 Å². The van der Waals surface area contributed by atoms with Crippen molar-refractivity contribution in [3.63, 3.8) is 0 Å². The van der Waals surface area contributed by atoms with Gasteiger partial charge in [-0.25, -0.2) is 0 Å². The lowest BCUT2D eigenvalue weighted by molar-refractivity contribution is 0.0948. The van der Waals surface area contributed by atoms with Gasteiger partial charge in [-0.3, -0.25) is 9.36 Å². The van der Waals surface area contributed by atoms with Crippen LogP contribution in [0.3, 0.4) is 0 Å². The summed E-state index contributed by atoms with van der Waals surface area (Å²) >= 11 is 6.63. The largest absolute Gasteiger partial charge is 0.383 e. The summed E-state index contributed by atoms with van der Waals surface area (Å²) in [6, 6.07) is 6.12. The average Bonchev–Trinajstić information content (AvgIpc) is 2.65. The number of aromatic nitrogens is 1. The molecule has 0 aliphatic rings. The fraction of sp³-hybridized carbons (Fsp3) is 0.333. The van der Waals surface area contributed by atoms with Crippen LogP contribution in [0.25, 0.3) is 5.69 Å². The lowest BCUT2D eigenvalue weighted by Gasteiger charge is -2.11. The molecule has 0 atom stereocenters. The molecule has 2 aromatic rings. The van der Waals surface area contributed by atoms with Gasteiger partial charge < -0.3 is 11.1 Å². The first-order valence-corrected chi connectivity index (χ1v) is 7.93. The highest BCUT2D eigenvalue weighted by Gasteiger charge is 2.19. The lowest BCUT2D eigenvalue weighted by Crippen LogP contribution is -2.30. The maximum atomic E-state index is 12.2. The molecule has 2 rings (SSSR count). The summed E-state index contributed by atoms with van der Waals surface area (Å²) in [7, 11) is 0. The standard InChI is InChI=1S/C15H19N3OS2/c1-8(2)17-14(19)12-13(16)18(15(20)21-12)11-6-5-9(3)7-10(11)4/h5-8H,16H2,1-4H3,(H,17,19). The van der Waals surface area contributed by atoms with Crippen LogP contribution in [0.15, 0.2) is 18.2 Å². The molecule has 0 unspecified atom stereocenters. The first-order chi connectivity index (χ1) is 9.81. The number of carbonyl (C=O) groups excluding carboxylic acids is 1. The Bertz CT molecular complexity index is 744. The number of anilines is 1. The summed E-state index contributed by atoms with van der Waals surface area (Å²) in [5.74, 6) is 0.220. The van der Waals surface area contributed by atoms with E-state index in [0.717, 1.165) is 11.3 Å². The molecule has 0 spiro atoms. The number of nitrogen functional groups attached to an aromatic ring is 1. The van der Waals surface area contributed by atoms with Gasteiger partial charge in [0.25, 0.3) is 5.91 Å². The van der Waals surface area contributed by atoms with Crippen molar-refractivity contribution in [1.29, 1.82) is 0 Å². The van der Waals surface area contributed by atoms with Crippen LogP contribution in [-0.4, -0.2) is 16.5 Å². The van der Waals surface area contributed by atoms with Crippen LogP contribution in [0.4, 0.5) is 5.82 Å². The Labute approximate surface area is 133 Å². The molecule has 0 saturated heterocycles. The highest BCUT2D eigenvalue weighted by Crippen LogP contribution is 2.28. The van der Waals surface area contributed by atoms with Gasteiger partial charge in [-0.05, 0) is 51.5 Å². The maximum absolute atomic E-state index is 12.2. The summed E-state index contributed by atoms with van der Waals surface area (Å²) in [6.07, 6.45) is 0. The SMILES string of the molecule is Cc1ccc(-n2c(N)c(C(=O)NC(C)C)sc2=S)c(C)c1. The van der Waals surface area contributed by atoms with Crippen molar-refractivity contribution in [3.05, 3.63) is 38.2 Å². The molecule has 1 amide bonds. The molecular formula is C15H19N3OS2. The summed E-state index contributed by atoms with van der Waals surface area (Å²) in [5, 5.41) is 2.85. The van der Waals surface area contributed by atoms with Crippen LogP contribution in [0, 0.1) is 17.8 Å². The second-order valence-corrected chi connectivity index (χ2v) is 6.98. The summed E-state index contributed by atoms with van der Waals surface area (Å²) in [5.41, 5.74) is 9.34. The second kappa shape index (κ2) is 5.99. The Morgan fingerprint density at radius 3 is 2.62 bits per heavy atom. The molecule has 0 aliphatic carbocycles. The molecule has 4 nitrogen and oxygen atoms in total. The van der Waals surface area contributed by atoms with E-state index in [9.17, 15) is 4.79 Å². The van der Waals surface area contributed by atoms with Crippen LogP contribution in [0.5, 0.6) is 0 Å². The van der Waals surface area contributed by atoms with Crippen LogP contribution in [0.2, 0.25) is 0 Å². The molecule has 1 heterocycles. The molecule has 0 saturated carbocycles. The number of amides is 1. The van der Waals surface area contributed by atoms with Gasteiger partial charge >= 0.3 is 0 Å². The minimum Gasteiger partial charge on any atom is -0.383 e. The van der Waals surface area contributed by atoms with Crippen molar-refractivity contribution < 1.29 is 4.79 Å². The molecule has 0 bridgehead atoms. The quantitative estimate of drug-likeness (QED) is 0.849. The predicted octanol–water partition coefficient (Wildman–Crippen LogP) is 3.61. The van der Waals surface area contributed by atoms with Crippen LogP contribution in [-0.2, 0) is 0 Å². The minimum absolute atomic E-state index is 0.0575. The minimum atomic E-state index is -0.179. The Balaban J connectivity index is 2.54. The van der Waals surface area contributed by atoms with Crippen molar-refractivity contribution in [1.82, 2.24) is 9.88 Å². The number of aryl methyl sites for hydroxylation is 2. The lowest BCUT2D eigenvalue weighted by atomic mass is 10.1. The number of nitrogens with zero attached hydrogens (tertiary/aromatic N) is 1. The van der Waals surface area contributed by atoms with Crippen LogP contribution >= 0.6 is 23.6 Å². The fourth-order valence-corrected chi connectivity index (χ4v) is 3.42. The topological polar surface area (TPSA) is 60.0 Å². The maximum Gasteiger partial charge on any atom is 0.265 e. The van der Waals surface area contributed by atoms with Gasteiger partial charge in [-0.15, -0.1) is 0 Å². The number of nitrogens with two attached hydrogens (primary N) is 1. The van der Waals surface area contributed by atoms with E-state index in [1.807, 2.05) is 39.8 Å². The van der Waals surface area contributed by atoms with Gasteiger partial charge in [0, 0.05) is 6.04 Å². The highest BCUT2D eigenvalue weighted by molar-refractivity contribution is 7.73. The zero-order chi connectivity index (χ0) is 15.7.